The molecule has 0 unspecified atom stereocenters. The zero-order valence-corrected chi connectivity index (χ0v) is 17.3. The van der Waals surface area contributed by atoms with Gasteiger partial charge in [-0.2, -0.15) is 0 Å². The summed E-state index contributed by atoms with van der Waals surface area (Å²) in [5.74, 6) is 0. The molecule has 2 aliphatic rings. The van der Waals surface area contributed by atoms with Gasteiger partial charge in [-0.25, -0.2) is 0 Å². The Morgan fingerprint density at radius 2 is 1.33 bits per heavy atom. The maximum atomic E-state index is 6.44. The summed E-state index contributed by atoms with van der Waals surface area (Å²) in [6, 6.07) is 0. The van der Waals surface area contributed by atoms with Crippen LogP contribution in [0.5, 0.6) is 0 Å². The molecule has 0 aliphatic carbocycles. The fourth-order valence-electron chi connectivity index (χ4n) is 3.31. The molecule has 0 amide bonds. The minimum atomic E-state index is -2.82. The van der Waals surface area contributed by atoms with Crippen LogP contribution in [0.1, 0.15) is 0 Å². The van der Waals surface area contributed by atoms with Crippen LogP contribution in [0.15, 0.2) is 0 Å². The van der Waals surface area contributed by atoms with Crippen LogP contribution < -0.4 is 0 Å². The molecule has 2 saturated heterocycles. The van der Waals surface area contributed by atoms with E-state index in [1.807, 2.05) is 0 Å². The van der Waals surface area contributed by atoms with Crippen LogP contribution in [0, 0.1) is 0 Å². The Kier molecular flexibility index (Phi) is 4.69. The van der Waals surface area contributed by atoms with Crippen molar-refractivity contribution in [3.05, 3.63) is 0 Å². The maximum absolute atomic E-state index is 6.44. The van der Waals surface area contributed by atoms with E-state index in [0.29, 0.717) is 0 Å². The summed E-state index contributed by atoms with van der Waals surface area (Å²) in [6.07, 6.45) is 0. The first-order valence-corrected chi connectivity index (χ1v) is 19.5. The van der Waals surface area contributed by atoms with Crippen molar-refractivity contribution >= 4 is 35.8 Å². The Morgan fingerprint density at radius 3 is 1.78 bits per heavy atom. The molecule has 0 atom stereocenters. The van der Waals surface area contributed by atoms with E-state index in [1.54, 1.807) is 0 Å². The van der Waals surface area contributed by atoms with Gasteiger partial charge in [-0.3, -0.25) is 0 Å². The molecule has 4 nitrogen and oxygen atoms in total. The number of likely N-dealkylation sites (N-methyl/N-ethyl adjacent to an activating group) is 1. The normalized spacial score (nSPS) is 31.8. The third-order valence-electron chi connectivity index (χ3n) is 3.62. The molecule has 0 N–H and O–H groups in total. The molecule has 2 aliphatic heterocycles. The molecule has 1 spiro atoms. The second-order valence-electron chi connectivity index (χ2n) is 6.89. The summed E-state index contributed by atoms with van der Waals surface area (Å²) >= 11 is -2.82. The standard InChI is InChI=1S/C6H16OSi2.C5H11NO2.Sn/c1-8(2,3)7-9(4,5)6;1-6(2-4-7)3-5-8;/h1,4H2,2-3,5-6H3;2-5H2,1H3;/q;-2;+2. The van der Waals surface area contributed by atoms with Gasteiger partial charge in [-0.1, -0.05) is 0 Å². The van der Waals surface area contributed by atoms with Crippen molar-refractivity contribution in [1.29, 1.82) is 0 Å². The van der Waals surface area contributed by atoms with Gasteiger partial charge in [0, 0.05) is 0 Å². The van der Waals surface area contributed by atoms with Crippen LogP contribution in [0.2, 0.25) is 34.3 Å². The number of hydrogen-bond donors (Lipinski definition) is 0. The Balaban J connectivity index is 2.13. The first-order valence-electron chi connectivity index (χ1n) is 6.89. The topological polar surface area (TPSA) is 30.9 Å². The van der Waals surface area contributed by atoms with Crippen molar-refractivity contribution in [3.63, 3.8) is 0 Å². The number of nitrogens with zero attached hydrogens (tertiary/aromatic N) is 1. The van der Waals surface area contributed by atoms with Crippen molar-refractivity contribution in [2.24, 2.45) is 0 Å². The van der Waals surface area contributed by atoms with E-state index in [-0.39, 0.29) is 0 Å². The predicted molar refractivity (Wildman–Crippen MR) is 80.8 cm³/mol. The van der Waals surface area contributed by atoms with Crippen LogP contribution in [0.3, 0.4) is 0 Å². The third kappa shape index (κ3) is 4.03. The van der Waals surface area contributed by atoms with E-state index < -0.39 is 35.8 Å². The Hall–Kier alpha value is 1.07. The zero-order chi connectivity index (χ0) is 13.4. The summed E-state index contributed by atoms with van der Waals surface area (Å²) in [5, 5.41) is 0. The quantitative estimate of drug-likeness (QED) is 0.586. The summed E-state index contributed by atoms with van der Waals surface area (Å²) in [7, 11) is -0.960. The van der Waals surface area contributed by atoms with E-state index >= 15 is 0 Å². The molecule has 0 radical (unpaired) electrons. The summed E-state index contributed by atoms with van der Waals surface area (Å²) in [4.78, 5) is 2.29. The van der Waals surface area contributed by atoms with E-state index in [4.69, 9.17) is 10.3 Å². The van der Waals surface area contributed by atoms with Crippen LogP contribution in [-0.2, 0) is 10.3 Å². The van der Waals surface area contributed by atoms with Crippen molar-refractivity contribution < 1.29 is 10.3 Å². The van der Waals surface area contributed by atoms with Gasteiger partial charge in [0.05, 0.1) is 0 Å². The molecule has 7 heteroatoms. The van der Waals surface area contributed by atoms with Crippen LogP contribution in [-0.4, -0.2) is 74.1 Å². The van der Waals surface area contributed by atoms with Crippen LogP contribution in [0.25, 0.3) is 0 Å². The van der Waals surface area contributed by atoms with Gasteiger partial charge >= 0.3 is 119 Å². The van der Waals surface area contributed by atoms with Crippen LogP contribution in [0.4, 0.5) is 0 Å². The van der Waals surface area contributed by atoms with Gasteiger partial charge in [0.15, 0.2) is 0 Å². The molecular formula is C11H27NO3Si2Sn. The van der Waals surface area contributed by atoms with Gasteiger partial charge in [-0.05, 0) is 0 Å². The fraction of sp³-hybridized carbons (Fsp3) is 1.00. The first kappa shape index (κ1) is 15.5. The SMILES string of the molecule is CN1CC[O][Sn]2([CH2][Si](C)(C)O[Si](C)(C)[CH2]2)[O]CC1. The van der Waals surface area contributed by atoms with Crippen molar-refractivity contribution in [1.82, 2.24) is 4.90 Å². The Bertz CT molecular complexity index is 287. The molecule has 2 fully saturated rings. The molecule has 18 heavy (non-hydrogen) atoms. The number of hydrogen-bond acceptors (Lipinski definition) is 4. The average molecular weight is 396 g/mol. The summed E-state index contributed by atoms with van der Waals surface area (Å²) < 4.78 is 21.6. The van der Waals surface area contributed by atoms with Gasteiger partial charge < -0.3 is 0 Å². The Morgan fingerprint density at radius 1 is 0.889 bits per heavy atom. The van der Waals surface area contributed by atoms with Crippen molar-refractivity contribution in [2.75, 3.05) is 33.4 Å². The minimum absolute atomic E-state index is 0.863. The molecule has 2 rings (SSSR count). The van der Waals surface area contributed by atoms with Gasteiger partial charge in [-0.15, -0.1) is 0 Å². The first-order chi connectivity index (χ1) is 8.22. The average Bonchev–Trinajstić information content (AvgIpc) is 2.09. The molecule has 0 aromatic heterocycles. The zero-order valence-electron chi connectivity index (χ0n) is 12.4. The molecule has 0 saturated carbocycles. The summed E-state index contributed by atoms with van der Waals surface area (Å²) in [6.45, 7) is 13.2. The van der Waals surface area contributed by atoms with Gasteiger partial charge in [0.25, 0.3) is 0 Å². The van der Waals surface area contributed by atoms with E-state index in [9.17, 15) is 0 Å². The van der Waals surface area contributed by atoms with E-state index in [1.165, 1.54) is 8.12 Å². The van der Waals surface area contributed by atoms with Crippen molar-refractivity contribution in [3.8, 4) is 0 Å². The second kappa shape index (κ2) is 5.46. The van der Waals surface area contributed by atoms with Crippen LogP contribution >= 0.6 is 0 Å². The fourth-order valence-corrected chi connectivity index (χ4v) is 48.9. The molecule has 2 heterocycles. The Labute approximate surface area is 118 Å². The second-order valence-corrected chi connectivity index (χ2v) is 28.3. The molecule has 0 aromatic rings. The molecular weight excluding hydrogens is 369 g/mol. The van der Waals surface area contributed by atoms with E-state index in [2.05, 4.69) is 38.1 Å². The van der Waals surface area contributed by atoms with E-state index in [0.717, 1.165) is 26.3 Å². The molecule has 0 aromatic carbocycles. The van der Waals surface area contributed by atoms with Gasteiger partial charge in [0.2, 0.25) is 0 Å². The summed E-state index contributed by atoms with van der Waals surface area (Å²) in [5.41, 5.74) is 0. The van der Waals surface area contributed by atoms with Gasteiger partial charge in [0.1, 0.15) is 0 Å². The number of rotatable bonds is 0. The molecule has 0 bridgehead atoms. The molecule has 106 valence electrons. The van der Waals surface area contributed by atoms with Crippen molar-refractivity contribution in [2.45, 2.75) is 34.3 Å². The monoisotopic (exact) mass is 397 g/mol. The predicted octanol–water partition coefficient (Wildman–Crippen LogP) is 1.93. The third-order valence-corrected chi connectivity index (χ3v) is 38.8.